The number of carboxylic acids is 1. The maximum Gasteiger partial charge on any atom is 0.466 e. The van der Waals surface area contributed by atoms with E-state index < -0.39 is 13.8 Å². The van der Waals surface area contributed by atoms with Gasteiger partial charge >= 0.3 is 13.8 Å². The smallest absolute Gasteiger partial charge is 0.466 e. The van der Waals surface area contributed by atoms with Crippen LogP contribution in [0.4, 0.5) is 0 Å². The Bertz CT molecular complexity index is 581. The van der Waals surface area contributed by atoms with Crippen molar-refractivity contribution in [1.29, 1.82) is 0 Å². The van der Waals surface area contributed by atoms with E-state index in [0.29, 0.717) is 5.56 Å². The number of carboxylic acid groups (broad SMARTS) is 1. The molecule has 0 saturated heterocycles. The molecule has 0 aromatic heterocycles. The Morgan fingerprint density at radius 1 is 1.09 bits per heavy atom. The van der Waals surface area contributed by atoms with Crippen LogP contribution in [0.2, 0.25) is 0 Å². The highest BCUT2D eigenvalue weighted by molar-refractivity contribution is 7.45. The minimum absolute atomic E-state index is 0.0158. The van der Waals surface area contributed by atoms with Crippen LogP contribution in [0.15, 0.2) is 29.8 Å². The molecule has 130 valence electrons. The predicted molar refractivity (Wildman–Crippen MR) is 86.8 cm³/mol. The number of aliphatic carboxylic acids is 1. The molecular weight excluding hydrogens is 323 g/mol. The number of unbranched alkanes of at least 4 members (excludes halogenated alkanes) is 2. The number of carbonyl (C=O) groups is 1. The summed E-state index contributed by atoms with van der Waals surface area (Å²) in [5.74, 6) is -1.22. The molecule has 1 aromatic rings. The van der Waals surface area contributed by atoms with Crippen molar-refractivity contribution in [3.05, 3.63) is 41.0 Å². The monoisotopic (exact) mass is 346 g/mol. The summed E-state index contributed by atoms with van der Waals surface area (Å²) >= 11 is 0. The molecule has 0 bridgehead atoms. The standard InChI is InChI=1S/C15H20O3.H3O4P/c1-3-4-5-8-12-9-6-7-10-13(12)14(16)11(2)15(17)18;1-5(2,3)4/h6-7,9-10,16H,3-5,8H2,1-2H3,(H,17,18);(H3,1,2,3,4)/b14-11-;. The molecule has 0 amide bonds. The van der Waals surface area contributed by atoms with Gasteiger partial charge in [-0.05, 0) is 25.3 Å². The van der Waals surface area contributed by atoms with Crippen molar-refractivity contribution in [2.24, 2.45) is 0 Å². The normalized spacial score (nSPS) is 12.0. The second kappa shape index (κ2) is 10.2. The Hall–Kier alpha value is -1.66. The van der Waals surface area contributed by atoms with Crippen LogP contribution in [0.1, 0.15) is 44.2 Å². The molecule has 8 heteroatoms. The van der Waals surface area contributed by atoms with Crippen LogP contribution < -0.4 is 0 Å². The van der Waals surface area contributed by atoms with Crippen molar-refractivity contribution in [3.63, 3.8) is 0 Å². The van der Waals surface area contributed by atoms with Gasteiger partial charge in [-0.1, -0.05) is 44.0 Å². The lowest BCUT2D eigenvalue weighted by atomic mass is 9.98. The number of hydrogen-bond donors (Lipinski definition) is 5. The molecule has 5 N–H and O–H groups in total. The van der Waals surface area contributed by atoms with Crippen LogP contribution in [0.5, 0.6) is 0 Å². The highest BCUT2D eigenvalue weighted by Gasteiger charge is 2.13. The summed E-state index contributed by atoms with van der Waals surface area (Å²) in [5.41, 5.74) is 1.62. The number of aliphatic hydroxyl groups excluding tert-OH is 1. The zero-order valence-corrected chi connectivity index (χ0v) is 14.0. The Balaban J connectivity index is 0.000000841. The van der Waals surface area contributed by atoms with E-state index in [-0.39, 0.29) is 11.3 Å². The number of rotatable bonds is 6. The molecule has 0 aliphatic carbocycles. The van der Waals surface area contributed by atoms with Gasteiger partial charge in [-0.3, -0.25) is 0 Å². The van der Waals surface area contributed by atoms with E-state index in [9.17, 15) is 9.90 Å². The SMILES string of the molecule is CCCCCc1ccccc1/C(O)=C(\C)C(=O)O.O=P(O)(O)O. The molecule has 23 heavy (non-hydrogen) atoms. The van der Waals surface area contributed by atoms with Gasteiger partial charge in [-0.25, -0.2) is 9.36 Å². The van der Waals surface area contributed by atoms with E-state index in [1.165, 1.54) is 6.92 Å². The Kier molecular flexibility index (Phi) is 9.44. The summed E-state index contributed by atoms with van der Waals surface area (Å²) in [6.07, 6.45) is 4.18. The summed E-state index contributed by atoms with van der Waals surface area (Å²) < 4.78 is 8.88. The maximum atomic E-state index is 10.9. The third-order valence-electron chi connectivity index (χ3n) is 3.00. The Morgan fingerprint density at radius 2 is 1.61 bits per heavy atom. The lowest BCUT2D eigenvalue weighted by Gasteiger charge is -2.10. The minimum Gasteiger partial charge on any atom is -0.507 e. The van der Waals surface area contributed by atoms with Crippen LogP contribution in [0, 0.1) is 0 Å². The van der Waals surface area contributed by atoms with Gasteiger partial charge in [0.1, 0.15) is 5.76 Å². The van der Waals surface area contributed by atoms with Gasteiger partial charge in [0.05, 0.1) is 5.57 Å². The van der Waals surface area contributed by atoms with E-state index in [2.05, 4.69) is 6.92 Å². The number of aryl methyl sites for hydroxylation is 1. The van der Waals surface area contributed by atoms with Crippen LogP contribution in [-0.4, -0.2) is 30.9 Å². The molecule has 0 radical (unpaired) electrons. The highest BCUT2D eigenvalue weighted by atomic mass is 31.2. The topological polar surface area (TPSA) is 135 Å². The van der Waals surface area contributed by atoms with Crippen molar-refractivity contribution in [2.45, 2.75) is 39.5 Å². The fraction of sp³-hybridized carbons (Fsp3) is 0.400. The van der Waals surface area contributed by atoms with E-state index in [4.69, 9.17) is 24.4 Å². The molecule has 0 aliphatic rings. The molecule has 0 fully saturated rings. The maximum absolute atomic E-state index is 10.9. The van der Waals surface area contributed by atoms with Crippen LogP contribution >= 0.6 is 7.82 Å². The molecular formula is C15H23O7P. The van der Waals surface area contributed by atoms with Crippen molar-refractivity contribution in [1.82, 2.24) is 0 Å². The van der Waals surface area contributed by atoms with E-state index in [1.807, 2.05) is 18.2 Å². The fourth-order valence-electron chi connectivity index (χ4n) is 1.84. The second-order valence-corrected chi connectivity index (χ2v) is 5.93. The first-order chi connectivity index (χ1) is 10.6. The van der Waals surface area contributed by atoms with Crippen molar-refractivity contribution in [3.8, 4) is 0 Å². The van der Waals surface area contributed by atoms with Gasteiger partial charge in [-0.15, -0.1) is 0 Å². The number of hydrogen-bond acceptors (Lipinski definition) is 3. The lowest BCUT2D eigenvalue weighted by molar-refractivity contribution is -0.132. The molecule has 7 nitrogen and oxygen atoms in total. The quantitative estimate of drug-likeness (QED) is 0.231. The molecule has 0 aliphatic heterocycles. The minimum atomic E-state index is -4.64. The molecule has 1 rings (SSSR count). The van der Waals surface area contributed by atoms with Crippen LogP contribution in [-0.2, 0) is 15.8 Å². The fourth-order valence-corrected chi connectivity index (χ4v) is 1.84. The van der Waals surface area contributed by atoms with Crippen LogP contribution in [0.25, 0.3) is 5.76 Å². The van der Waals surface area contributed by atoms with Gasteiger partial charge in [0.15, 0.2) is 0 Å². The molecule has 0 spiro atoms. The lowest BCUT2D eigenvalue weighted by Crippen LogP contribution is -2.02. The average molecular weight is 346 g/mol. The van der Waals surface area contributed by atoms with Gasteiger partial charge in [0.2, 0.25) is 0 Å². The first-order valence-corrected chi connectivity index (χ1v) is 8.64. The molecule has 0 atom stereocenters. The second-order valence-electron chi connectivity index (χ2n) is 4.91. The van der Waals surface area contributed by atoms with E-state index in [1.54, 1.807) is 6.07 Å². The molecule has 1 aromatic carbocycles. The van der Waals surface area contributed by atoms with E-state index >= 15 is 0 Å². The van der Waals surface area contributed by atoms with Gasteiger partial charge < -0.3 is 24.9 Å². The molecule has 0 heterocycles. The highest BCUT2D eigenvalue weighted by Crippen LogP contribution is 2.25. The number of benzene rings is 1. The average Bonchev–Trinajstić information content (AvgIpc) is 2.44. The van der Waals surface area contributed by atoms with Crippen molar-refractivity contribution >= 4 is 19.6 Å². The summed E-state index contributed by atoms with van der Waals surface area (Å²) in [6, 6.07) is 7.43. The summed E-state index contributed by atoms with van der Waals surface area (Å²) in [7, 11) is -4.64. The zero-order valence-electron chi connectivity index (χ0n) is 13.1. The summed E-state index contributed by atoms with van der Waals surface area (Å²) in [6.45, 7) is 3.55. The first-order valence-electron chi connectivity index (χ1n) is 7.07. The summed E-state index contributed by atoms with van der Waals surface area (Å²) in [5, 5.41) is 18.9. The van der Waals surface area contributed by atoms with Crippen LogP contribution in [0.3, 0.4) is 0 Å². The third-order valence-corrected chi connectivity index (χ3v) is 3.00. The number of aliphatic hydroxyl groups is 1. The van der Waals surface area contributed by atoms with Gasteiger partial charge in [-0.2, -0.15) is 0 Å². The first kappa shape index (κ1) is 21.3. The largest absolute Gasteiger partial charge is 0.507 e. The Morgan fingerprint density at radius 3 is 2.09 bits per heavy atom. The Labute approximate surface area is 135 Å². The van der Waals surface area contributed by atoms with Crippen molar-refractivity contribution in [2.75, 3.05) is 0 Å². The third kappa shape index (κ3) is 9.86. The number of phosphoric acid groups is 1. The summed E-state index contributed by atoms with van der Waals surface area (Å²) in [4.78, 5) is 32.4. The molecule has 0 unspecified atom stereocenters. The van der Waals surface area contributed by atoms with Gasteiger partial charge in [0.25, 0.3) is 0 Å². The molecule has 0 saturated carbocycles. The van der Waals surface area contributed by atoms with Gasteiger partial charge in [0, 0.05) is 5.56 Å². The van der Waals surface area contributed by atoms with Crippen molar-refractivity contribution < 1.29 is 34.3 Å². The zero-order chi connectivity index (χ0) is 18.0. The predicted octanol–water partition coefficient (Wildman–Crippen LogP) is 2.86. The van der Waals surface area contributed by atoms with E-state index in [0.717, 1.165) is 31.2 Å².